The Bertz CT molecular complexity index is 938. The fraction of sp³-hybridized carbons (Fsp3) is 0.333. The first-order valence-electron chi connectivity index (χ1n) is 9.07. The van der Waals surface area contributed by atoms with Gasteiger partial charge in [-0.2, -0.15) is 11.3 Å². The van der Waals surface area contributed by atoms with E-state index in [0.717, 1.165) is 35.2 Å². The molecule has 0 saturated carbocycles. The molecule has 0 spiro atoms. The Balaban J connectivity index is 1.60. The smallest absolute Gasteiger partial charge is 0.224 e. The summed E-state index contributed by atoms with van der Waals surface area (Å²) in [6, 6.07) is 5.78. The van der Waals surface area contributed by atoms with Crippen molar-refractivity contribution in [1.82, 2.24) is 20.3 Å². The Morgan fingerprint density at radius 2 is 2.22 bits per heavy atom. The fourth-order valence-corrected chi connectivity index (χ4v) is 4.30. The largest absolute Gasteiger partial charge is 0.349 e. The highest BCUT2D eigenvalue weighted by atomic mass is 32.1. The Kier molecular flexibility index (Phi) is 4.74. The van der Waals surface area contributed by atoms with Crippen molar-refractivity contribution in [1.29, 1.82) is 0 Å². The number of carbonyl (C=O) groups excluding carboxylic acids is 1. The number of nitrogens with zero attached hydrogens (tertiary/aromatic N) is 3. The Morgan fingerprint density at radius 1 is 1.33 bits per heavy atom. The van der Waals surface area contributed by atoms with Crippen molar-refractivity contribution in [2.24, 2.45) is 5.41 Å². The van der Waals surface area contributed by atoms with Crippen LogP contribution in [0.1, 0.15) is 43.1 Å². The van der Waals surface area contributed by atoms with Gasteiger partial charge in [0.15, 0.2) is 5.82 Å². The summed E-state index contributed by atoms with van der Waals surface area (Å²) in [6.45, 7) is 4.44. The summed E-state index contributed by atoms with van der Waals surface area (Å²) in [6.07, 6.45) is 7.54. The van der Waals surface area contributed by atoms with Crippen molar-refractivity contribution in [2.45, 2.75) is 39.2 Å². The molecule has 6 heteroatoms. The molecular weight excluding hydrogens is 356 g/mol. The minimum atomic E-state index is -0.0576. The third-order valence-corrected chi connectivity index (χ3v) is 5.61. The Hall–Kier alpha value is -2.60. The first-order valence-corrected chi connectivity index (χ1v) is 10.0. The van der Waals surface area contributed by atoms with Crippen LogP contribution in [0.5, 0.6) is 0 Å². The molecule has 1 aliphatic rings. The van der Waals surface area contributed by atoms with Crippen molar-refractivity contribution in [2.75, 3.05) is 0 Å². The number of rotatable bonds is 4. The first-order chi connectivity index (χ1) is 13.0. The Morgan fingerprint density at radius 3 is 2.96 bits per heavy atom. The molecule has 0 aromatic carbocycles. The molecule has 3 aromatic heterocycles. The van der Waals surface area contributed by atoms with Gasteiger partial charge in [-0.05, 0) is 52.8 Å². The van der Waals surface area contributed by atoms with Gasteiger partial charge in [-0.25, -0.2) is 9.97 Å². The lowest BCUT2D eigenvalue weighted by atomic mass is 9.74. The van der Waals surface area contributed by atoms with Gasteiger partial charge in [0.1, 0.15) is 0 Å². The molecule has 3 aromatic rings. The molecule has 138 valence electrons. The van der Waals surface area contributed by atoms with Crippen LogP contribution in [0.3, 0.4) is 0 Å². The normalized spacial score (nSPS) is 17.9. The maximum atomic E-state index is 12.5. The zero-order chi connectivity index (χ0) is 18.9. The molecule has 0 bridgehead atoms. The van der Waals surface area contributed by atoms with Crippen LogP contribution in [0.25, 0.3) is 11.4 Å². The van der Waals surface area contributed by atoms with Crippen molar-refractivity contribution >= 4 is 17.2 Å². The fourth-order valence-electron chi connectivity index (χ4n) is 3.63. The second-order valence-corrected chi connectivity index (χ2v) is 8.59. The van der Waals surface area contributed by atoms with Gasteiger partial charge in [0, 0.05) is 29.7 Å². The highest BCUT2D eigenvalue weighted by molar-refractivity contribution is 7.08. The van der Waals surface area contributed by atoms with Gasteiger partial charge >= 0.3 is 0 Å². The summed E-state index contributed by atoms with van der Waals surface area (Å²) in [7, 11) is 0. The van der Waals surface area contributed by atoms with Crippen LogP contribution in [0.4, 0.5) is 0 Å². The van der Waals surface area contributed by atoms with Gasteiger partial charge in [0.05, 0.1) is 18.2 Å². The number of hydrogen-bond donors (Lipinski definition) is 1. The summed E-state index contributed by atoms with van der Waals surface area (Å²) >= 11 is 1.61. The predicted molar refractivity (Wildman–Crippen MR) is 106 cm³/mol. The third-order valence-electron chi connectivity index (χ3n) is 4.88. The summed E-state index contributed by atoms with van der Waals surface area (Å²) in [4.78, 5) is 26.0. The van der Waals surface area contributed by atoms with E-state index in [9.17, 15) is 4.79 Å². The molecule has 0 radical (unpaired) electrons. The summed E-state index contributed by atoms with van der Waals surface area (Å²) in [5.41, 5.74) is 4.06. The summed E-state index contributed by atoms with van der Waals surface area (Å²) in [5.74, 6) is 0.723. The van der Waals surface area contributed by atoms with E-state index in [-0.39, 0.29) is 17.4 Å². The molecule has 27 heavy (non-hydrogen) atoms. The van der Waals surface area contributed by atoms with E-state index in [0.29, 0.717) is 12.2 Å². The number of pyridine rings is 1. The van der Waals surface area contributed by atoms with Crippen molar-refractivity contribution in [3.63, 3.8) is 0 Å². The maximum absolute atomic E-state index is 12.5. The van der Waals surface area contributed by atoms with E-state index in [1.54, 1.807) is 23.7 Å². The van der Waals surface area contributed by atoms with Crippen LogP contribution in [0.15, 0.2) is 47.5 Å². The van der Waals surface area contributed by atoms with Crippen LogP contribution in [-0.2, 0) is 17.6 Å². The highest BCUT2D eigenvalue weighted by Crippen LogP contribution is 2.40. The molecule has 4 rings (SSSR count). The van der Waals surface area contributed by atoms with Crippen LogP contribution in [0, 0.1) is 5.41 Å². The van der Waals surface area contributed by atoms with E-state index < -0.39 is 0 Å². The number of fused-ring (bicyclic) bond motifs is 1. The SMILES string of the molecule is CC1(C)Cc2nc(-c3cccnc3)ncc2C(NC(=O)Cc2ccsc2)C1. The van der Waals surface area contributed by atoms with Gasteiger partial charge in [0.2, 0.25) is 5.91 Å². The van der Waals surface area contributed by atoms with Gasteiger partial charge in [0.25, 0.3) is 0 Å². The zero-order valence-electron chi connectivity index (χ0n) is 15.5. The van der Waals surface area contributed by atoms with Gasteiger partial charge in [-0.3, -0.25) is 9.78 Å². The van der Waals surface area contributed by atoms with Crippen molar-refractivity contribution in [3.8, 4) is 11.4 Å². The molecule has 1 aliphatic carbocycles. The average Bonchev–Trinajstić information content (AvgIpc) is 3.14. The van der Waals surface area contributed by atoms with Crippen LogP contribution < -0.4 is 5.32 Å². The van der Waals surface area contributed by atoms with Crippen LogP contribution in [0.2, 0.25) is 0 Å². The lowest BCUT2D eigenvalue weighted by Crippen LogP contribution is -2.37. The van der Waals surface area contributed by atoms with E-state index in [4.69, 9.17) is 4.98 Å². The van der Waals surface area contributed by atoms with Crippen LogP contribution >= 0.6 is 11.3 Å². The number of carbonyl (C=O) groups is 1. The highest BCUT2D eigenvalue weighted by Gasteiger charge is 2.34. The summed E-state index contributed by atoms with van der Waals surface area (Å²) in [5, 5.41) is 7.21. The number of aromatic nitrogens is 3. The Labute approximate surface area is 162 Å². The van der Waals surface area contributed by atoms with E-state index in [2.05, 4.69) is 29.1 Å². The third kappa shape index (κ3) is 4.06. The summed E-state index contributed by atoms with van der Waals surface area (Å²) < 4.78 is 0. The second kappa shape index (κ2) is 7.19. The van der Waals surface area contributed by atoms with Crippen molar-refractivity contribution < 1.29 is 4.79 Å². The van der Waals surface area contributed by atoms with Gasteiger partial charge < -0.3 is 5.32 Å². The minimum absolute atomic E-state index is 0.0402. The number of amides is 1. The molecule has 0 aliphatic heterocycles. The molecule has 3 heterocycles. The van der Waals surface area contributed by atoms with Gasteiger partial charge in [-0.15, -0.1) is 0 Å². The molecule has 1 unspecified atom stereocenters. The minimum Gasteiger partial charge on any atom is -0.349 e. The first kappa shape index (κ1) is 17.8. The monoisotopic (exact) mass is 378 g/mol. The maximum Gasteiger partial charge on any atom is 0.224 e. The number of thiophene rings is 1. The molecule has 0 fully saturated rings. The zero-order valence-corrected chi connectivity index (χ0v) is 16.3. The quantitative estimate of drug-likeness (QED) is 0.746. The molecule has 1 amide bonds. The van der Waals surface area contributed by atoms with Gasteiger partial charge in [-0.1, -0.05) is 13.8 Å². The molecule has 1 N–H and O–H groups in total. The number of nitrogens with one attached hydrogen (secondary N) is 1. The predicted octanol–water partition coefficient (Wildman–Crippen LogP) is 3.97. The standard InChI is InChI=1S/C21H22N4OS/c1-21(2)9-17(24-19(26)8-14-5-7-27-13-14)16-12-23-20(25-18(16)10-21)15-4-3-6-22-11-15/h3-7,11-13,17H,8-10H2,1-2H3,(H,24,26). The molecular formula is C21H22N4OS. The van der Waals surface area contributed by atoms with E-state index in [1.165, 1.54) is 0 Å². The molecule has 5 nitrogen and oxygen atoms in total. The van der Waals surface area contributed by atoms with Crippen LogP contribution in [-0.4, -0.2) is 20.9 Å². The van der Waals surface area contributed by atoms with Crippen molar-refractivity contribution in [3.05, 3.63) is 64.4 Å². The van der Waals surface area contributed by atoms with E-state index in [1.807, 2.05) is 35.2 Å². The lowest BCUT2D eigenvalue weighted by Gasteiger charge is -2.36. The topological polar surface area (TPSA) is 67.8 Å². The molecule has 1 atom stereocenters. The lowest BCUT2D eigenvalue weighted by molar-refractivity contribution is -0.121. The van der Waals surface area contributed by atoms with E-state index >= 15 is 0 Å². The molecule has 0 saturated heterocycles. The second-order valence-electron chi connectivity index (χ2n) is 7.81. The number of hydrogen-bond acceptors (Lipinski definition) is 5. The average molecular weight is 379 g/mol.